The Morgan fingerprint density at radius 1 is 0.800 bits per heavy atom. The average Bonchev–Trinajstić information content (AvgIpc) is 2.94. The highest BCUT2D eigenvalue weighted by Gasteiger charge is 2.35. The summed E-state index contributed by atoms with van der Waals surface area (Å²) in [5, 5.41) is 3.91. The Morgan fingerprint density at radius 2 is 1.40 bits per heavy atom. The molecule has 3 rings (SSSR count). The second-order valence-electron chi connectivity index (χ2n) is 6.05. The van der Waals surface area contributed by atoms with Gasteiger partial charge >= 0.3 is 0 Å². The van der Waals surface area contributed by atoms with Gasteiger partial charge in [-0.05, 0) is 43.4 Å². The molecule has 0 radical (unpaired) electrons. The van der Waals surface area contributed by atoms with Gasteiger partial charge in [-0.3, -0.25) is 0 Å². The molecule has 0 aliphatic heterocycles. The van der Waals surface area contributed by atoms with E-state index in [4.69, 9.17) is 0 Å². The van der Waals surface area contributed by atoms with E-state index in [-0.39, 0.29) is 5.54 Å². The van der Waals surface area contributed by atoms with E-state index >= 15 is 0 Å². The number of hydrogen-bond acceptors (Lipinski definition) is 1. The highest BCUT2D eigenvalue weighted by atomic mass is 15.0. The fourth-order valence-electron chi connectivity index (χ4n) is 3.47. The first-order chi connectivity index (χ1) is 9.71. The Balaban J connectivity index is 2.01. The average molecular weight is 265 g/mol. The van der Waals surface area contributed by atoms with Crippen LogP contribution in [0.5, 0.6) is 0 Å². The lowest BCUT2D eigenvalue weighted by atomic mass is 9.87. The van der Waals surface area contributed by atoms with Crippen LogP contribution >= 0.6 is 0 Å². The minimum absolute atomic E-state index is 0.123. The van der Waals surface area contributed by atoms with Crippen molar-refractivity contribution in [3.05, 3.63) is 65.2 Å². The van der Waals surface area contributed by atoms with Crippen LogP contribution < -0.4 is 5.32 Å². The molecule has 1 N–H and O–H groups in total. The standard InChI is InChI=1S/C19H23N/c1-15-9-8-10-16(2)18(15)20-19(13-6-7-14-19)17-11-4-3-5-12-17/h3-5,8-12,20H,6-7,13-14H2,1-2H3. The fourth-order valence-corrected chi connectivity index (χ4v) is 3.47. The van der Waals surface area contributed by atoms with Gasteiger partial charge in [0.15, 0.2) is 0 Å². The van der Waals surface area contributed by atoms with Crippen LogP contribution in [0.3, 0.4) is 0 Å². The zero-order valence-electron chi connectivity index (χ0n) is 12.4. The molecule has 0 amide bonds. The Kier molecular flexibility index (Phi) is 3.52. The van der Waals surface area contributed by atoms with Gasteiger partial charge in [0.2, 0.25) is 0 Å². The van der Waals surface area contributed by atoms with Gasteiger partial charge in [-0.1, -0.05) is 61.4 Å². The largest absolute Gasteiger partial charge is 0.375 e. The molecular formula is C19H23N. The van der Waals surface area contributed by atoms with Crippen LogP contribution in [0.15, 0.2) is 48.5 Å². The molecule has 0 heterocycles. The van der Waals surface area contributed by atoms with Crippen molar-refractivity contribution in [3.63, 3.8) is 0 Å². The van der Waals surface area contributed by atoms with E-state index in [9.17, 15) is 0 Å². The van der Waals surface area contributed by atoms with E-state index in [2.05, 4.69) is 67.7 Å². The monoisotopic (exact) mass is 265 g/mol. The summed E-state index contributed by atoms with van der Waals surface area (Å²) in [4.78, 5) is 0. The van der Waals surface area contributed by atoms with Crippen molar-refractivity contribution in [2.24, 2.45) is 0 Å². The summed E-state index contributed by atoms with van der Waals surface area (Å²) in [5.41, 5.74) is 5.55. The van der Waals surface area contributed by atoms with Crippen molar-refractivity contribution >= 4 is 5.69 Å². The van der Waals surface area contributed by atoms with Crippen molar-refractivity contribution in [3.8, 4) is 0 Å². The van der Waals surface area contributed by atoms with Crippen molar-refractivity contribution in [2.75, 3.05) is 5.32 Å². The van der Waals surface area contributed by atoms with Gasteiger partial charge < -0.3 is 5.32 Å². The Labute approximate surface area is 122 Å². The van der Waals surface area contributed by atoms with Gasteiger partial charge in [0, 0.05) is 5.69 Å². The Bertz CT molecular complexity index is 560. The highest BCUT2D eigenvalue weighted by molar-refractivity contribution is 5.59. The molecule has 0 saturated heterocycles. The second-order valence-corrected chi connectivity index (χ2v) is 6.05. The predicted octanol–water partition coefficient (Wildman–Crippen LogP) is 5.18. The maximum Gasteiger partial charge on any atom is 0.0625 e. The highest BCUT2D eigenvalue weighted by Crippen LogP contribution is 2.42. The molecule has 1 heteroatoms. The van der Waals surface area contributed by atoms with Gasteiger partial charge in [-0.25, -0.2) is 0 Å². The van der Waals surface area contributed by atoms with Crippen molar-refractivity contribution in [1.29, 1.82) is 0 Å². The normalized spacial score (nSPS) is 17.1. The number of aryl methyl sites for hydroxylation is 2. The number of para-hydroxylation sites is 1. The van der Waals surface area contributed by atoms with Gasteiger partial charge in [0.05, 0.1) is 5.54 Å². The van der Waals surface area contributed by atoms with E-state index in [1.165, 1.54) is 48.1 Å². The summed E-state index contributed by atoms with van der Waals surface area (Å²) < 4.78 is 0. The number of rotatable bonds is 3. The molecule has 1 aliphatic rings. The summed E-state index contributed by atoms with van der Waals surface area (Å²) in [5.74, 6) is 0. The zero-order chi connectivity index (χ0) is 14.0. The Hall–Kier alpha value is -1.76. The number of hydrogen-bond donors (Lipinski definition) is 1. The molecule has 2 aromatic rings. The van der Waals surface area contributed by atoms with E-state index in [1.54, 1.807) is 0 Å². The van der Waals surface area contributed by atoms with E-state index in [1.807, 2.05) is 0 Å². The molecule has 104 valence electrons. The zero-order valence-corrected chi connectivity index (χ0v) is 12.4. The number of nitrogens with one attached hydrogen (secondary N) is 1. The summed E-state index contributed by atoms with van der Waals surface area (Å²) in [7, 11) is 0. The Morgan fingerprint density at radius 3 is 2.00 bits per heavy atom. The first kappa shape index (κ1) is 13.2. The molecular weight excluding hydrogens is 242 g/mol. The minimum Gasteiger partial charge on any atom is -0.375 e. The van der Waals surface area contributed by atoms with Crippen LogP contribution in [0.2, 0.25) is 0 Å². The van der Waals surface area contributed by atoms with Crippen molar-refractivity contribution < 1.29 is 0 Å². The van der Waals surface area contributed by atoms with Gasteiger partial charge in [-0.15, -0.1) is 0 Å². The molecule has 0 spiro atoms. The molecule has 0 bridgehead atoms. The third-order valence-electron chi connectivity index (χ3n) is 4.63. The van der Waals surface area contributed by atoms with E-state index < -0.39 is 0 Å². The molecule has 2 aromatic carbocycles. The molecule has 0 unspecified atom stereocenters. The second kappa shape index (κ2) is 5.32. The summed E-state index contributed by atoms with van der Waals surface area (Å²) in [6, 6.07) is 17.5. The molecule has 1 aliphatic carbocycles. The van der Waals surface area contributed by atoms with Crippen LogP contribution in [0.25, 0.3) is 0 Å². The number of anilines is 1. The fraction of sp³-hybridized carbons (Fsp3) is 0.368. The summed E-state index contributed by atoms with van der Waals surface area (Å²) in [6.45, 7) is 4.39. The topological polar surface area (TPSA) is 12.0 Å². The third-order valence-corrected chi connectivity index (χ3v) is 4.63. The molecule has 20 heavy (non-hydrogen) atoms. The molecule has 1 fully saturated rings. The summed E-state index contributed by atoms with van der Waals surface area (Å²) >= 11 is 0. The third kappa shape index (κ3) is 2.33. The predicted molar refractivity (Wildman–Crippen MR) is 86.1 cm³/mol. The quantitative estimate of drug-likeness (QED) is 0.805. The lowest BCUT2D eigenvalue weighted by molar-refractivity contribution is 0.508. The summed E-state index contributed by atoms with van der Waals surface area (Å²) in [6.07, 6.45) is 5.08. The first-order valence-electron chi connectivity index (χ1n) is 7.61. The van der Waals surface area contributed by atoms with Gasteiger partial charge in [0.25, 0.3) is 0 Å². The van der Waals surface area contributed by atoms with Crippen LogP contribution in [0.1, 0.15) is 42.4 Å². The molecule has 1 nitrogen and oxygen atoms in total. The van der Waals surface area contributed by atoms with Crippen LogP contribution in [0.4, 0.5) is 5.69 Å². The molecule has 1 saturated carbocycles. The van der Waals surface area contributed by atoms with E-state index in [0.29, 0.717) is 0 Å². The van der Waals surface area contributed by atoms with E-state index in [0.717, 1.165) is 0 Å². The SMILES string of the molecule is Cc1cccc(C)c1NC1(c2ccccc2)CCCC1. The molecule has 0 atom stereocenters. The first-order valence-corrected chi connectivity index (χ1v) is 7.61. The lowest BCUT2D eigenvalue weighted by Gasteiger charge is -2.33. The van der Waals surface area contributed by atoms with Crippen molar-refractivity contribution in [1.82, 2.24) is 0 Å². The minimum atomic E-state index is 0.123. The maximum atomic E-state index is 3.91. The smallest absolute Gasteiger partial charge is 0.0625 e. The van der Waals surface area contributed by atoms with Crippen molar-refractivity contribution in [2.45, 2.75) is 45.1 Å². The lowest BCUT2D eigenvalue weighted by Crippen LogP contribution is -2.32. The number of benzene rings is 2. The van der Waals surface area contributed by atoms with Crippen LogP contribution in [-0.4, -0.2) is 0 Å². The van der Waals surface area contributed by atoms with Gasteiger partial charge in [0.1, 0.15) is 0 Å². The molecule has 0 aromatic heterocycles. The van der Waals surface area contributed by atoms with Gasteiger partial charge in [-0.2, -0.15) is 0 Å². The van der Waals surface area contributed by atoms with Crippen LogP contribution in [-0.2, 0) is 5.54 Å². The maximum absolute atomic E-state index is 3.91. The van der Waals surface area contributed by atoms with Crippen LogP contribution in [0, 0.1) is 13.8 Å².